The molecule has 0 amide bonds. The minimum atomic E-state index is -4.52. The summed E-state index contributed by atoms with van der Waals surface area (Å²) in [7, 11) is -4.52. The Bertz CT molecular complexity index is 759. The van der Waals surface area contributed by atoms with Crippen LogP contribution >= 0.6 is 23.4 Å². The standard InChI is InChI=1S/C14H13ClO5S2/c15-12-7-11(5-6-13(12)16)21-8-9-1-3-10(4-2-9)14(17)22(18,19)20/h1-7,14,16-17H,8H2,(H,18,19,20). The number of halogens is 1. The summed E-state index contributed by atoms with van der Waals surface area (Å²) in [6.07, 6.45) is 0. The highest BCUT2D eigenvalue weighted by atomic mass is 35.5. The van der Waals surface area contributed by atoms with Crippen molar-refractivity contribution in [3.63, 3.8) is 0 Å². The normalized spacial score (nSPS) is 13.0. The van der Waals surface area contributed by atoms with Crippen LogP contribution in [0.15, 0.2) is 47.4 Å². The number of aliphatic hydroxyl groups is 1. The van der Waals surface area contributed by atoms with Crippen LogP contribution in [0.1, 0.15) is 16.6 Å². The van der Waals surface area contributed by atoms with Crippen molar-refractivity contribution in [3.8, 4) is 5.75 Å². The van der Waals surface area contributed by atoms with Gasteiger partial charge in [0, 0.05) is 10.6 Å². The number of thioether (sulfide) groups is 1. The number of benzene rings is 2. The fourth-order valence-electron chi connectivity index (χ4n) is 1.69. The zero-order valence-corrected chi connectivity index (χ0v) is 13.6. The molecule has 0 spiro atoms. The topological polar surface area (TPSA) is 94.8 Å². The summed E-state index contributed by atoms with van der Waals surface area (Å²) in [5.74, 6) is 0.623. The molecular formula is C14H13ClO5S2. The summed E-state index contributed by atoms with van der Waals surface area (Å²) in [6.45, 7) is 0. The first kappa shape index (κ1) is 17.1. The molecule has 0 radical (unpaired) electrons. The quantitative estimate of drug-likeness (QED) is 0.559. The molecular weight excluding hydrogens is 348 g/mol. The van der Waals surface area contributed by atoms with Crippen LogP contribution < -0.4 is 0 Å². The molecule has 118 valence electrons. The van der Waals surface area contributed by atoms with E-state index < -0.39 is 15.6 Å². The first-order chi connectivity index (χ1) is 10.3. The van der Waals surface area contributed by atoms with Crippen molar-refractivity contribution in [1.29, 1.82) is 0 Å². The lowest BCUT2D eigenvalue weighted by Gasteiger charge is -2.08. The van der Waals surface area contributed by atoms with Crippen LogP contribution in [0.25, 0.3) is 0 Å². The minimum Gasteiger partial charge on any atom is -0.506 e. The largest absolute Gasteiger partial charge is 0.506 e. The van der Waals surface area contributed by atoms with Gasteiger partial charge in [0.15, 0.2) is 0 Å². The van der Waals surface area contributed by atoms with Gasteiger partial charge in [-0.3, -0.25) is 4.55 Å². The van der Waals surface area contributed by atoms with Crippen molar-refractivity contribution >= 4 is 33.5 Å². The molecule has 2 aromatic carbocycles. The summed E-state index contributed by atoms with van der Waals surface area (Å²) < 4.78 is 30.5. The van der Waals surface area contributed by atoms with Gasteiger partial charge in [-0.25, -0.2) is 0 Å². The number of phenolic OH excluding ortho intramolecular Hbond substituents is 1. The molecule has 0 saturated carbocycles. The molecule has 0 aliphatic carbocycles. The van der Waals surface area contributed by atoms with Crippen LogP contribution in [0, 0.1) is 0 Å². The Hall–Kier alpha value is -1.25. The van der Waals surface area contributed by atoms with Crippen LogP contribution in [0.2, 0.25) is 5.02 Å². The summed E-state index contributed by atoms with van der Waals surface area (Å²) in [5.41, 5.74) is -0.936. The molecule has 2 aromatic rings. The zero-order chi connectivity index (χ0) is 16.3. The highest BCUT2D eigenvalue weighted by Gasteiger charge is 2.21. The average Bonchev–Trinajstić information content (AvgIpc) is 2.47. The van der Waals surface area contributed by atoms with Crippen LogP contribution in [-0.4, -0.2) is 23.2 Å². The lowest BCUT2D eigenvalue weighted by molar-refractivity contribution is 0.238. The second kappa shape index (κ2) is 6.89. The molecule has 22 heavy (non-hydrogen) atoms. The molecule has 0 aliphatic heterocycles. The molecule has 1 atom stereocenters. The molecule has 8 heteroatoms. The van der Waals surface area contributed by atoms with E-state index in [4.69, 9.17) is 16.2 Å². The maximum absolute atomic E-state index is 10.9. The van der Waals surface area contributed by atoms with E-state index in [9.17, 15) is 18.6 Å². The highest BCUT2D eigenvalue weighted by molar-refractivity contribution is 7.98. The molecule has 1 unspecified atom stereocenters. The zero-order valence-electron chi connectivity index (χ0n) is 11.2. The molecule has 5 nitrogen and oxygen atoms in total. The lowest BCUT2D eigenvalue weighted by atomic mass is 10.2. The Morgan fingerprint density at radius 2 is 1.77 bits per heavy atom. The van der Waals surface area contributed by atoms with Crippen molar-refractivity contribution in [2.24, 2.45) is 0 Å². The van der Waals surface area contributed by atoms with E-state index in [1.165, 1.54) is 30.0 Å². The summed E-state index contributed by atoms with van der Waals surface area (Å²) in [5, 5.41) is 19.0. The fourth-order valence-corrected chi connectivity index (χ4v) is 3.33. The molecule has 0 aromatic heterocycles. The third kappa shape index (κ3) is 4.37. The van der Waals surface area contributed by atoms with E-state index in [-0.39, 0.29) is 16.3 Å². The van der Waals surface area contributed by atoms with E-state index in [0.29, 0.717) is 5.75 Å². The Kier molecular flexibility index (Phi) is 5.36. The van der Waals surface area contributed by atoms with Gasteiger partial charge in [0.05, 0.1) is 5.02 Å². The van der Waals surface area contributed by atoms with Crippen molar-refractivity contribution < 1.29 is 23.2 Å². The molecule has 0 bridgehead atoms. The third-order valence-corrected chi connectivity index (χ3v) is 5.08. The summed E-state index contributed by atoms with van der Waals surface area (Å²) in [6, 6.07) is 11.1. The van der Waals surface area contributed by atoms with E-state index in [1.807, 2.05) is 0 Å². The van der Waals surface area contributed by atoms with Crippen molar-refractivity contribution in [1.82, 2.24) is 0 Å². The number of hydrogen-bond acceptors (Lipinski definition) is 5. The maximum Gasteiger partial charge on any atom is 0.296 e. The maximum atomic E-state index is 10.9. The summed E-state index contributed by atoms with van der Waals surface area (Å²) in [4.78, 5) is 0.879. The molecule has 0 aliphatic rings. The first-order valence-electron chi connectivity index (χ1n) is 6.12. The van der Waals surface area contributed by atoms with E-state index in [2.05, 4.69) is 0 Å². The second-order valence-corrected chi connectivity index (χ2v) is 7.44. The van der Waals surface area contributed by atoms with Crippen LogP contribution in [0.5, 0.6) is 5.75 Å². The monoisotopic (exact) mass is 360 g/mol. The van der Waals surface area contributed by atoms with Gasteiger partial charge in [-0.05, 0) is 29.3 Å². The van der Waals surface area contributed by atoms with Gasteiger partial charge in [-0.1, -0.05) is 35.9 Å². The number of hydrogen-bond donors (Lipinski definition) is 3. The number of aromatic hydroxyl groups is 1. The Balaban J connectivity index is 2.04. The van der Waals surface area contributed by atoms with Crippen molar-refractivity contribution in [2.45, 2.75) is 16.1 Å². The number of rotatable bonds is 5. The lowest BCUT2D eigenvalue weighted by Crippen LogP contribution is -2.11. The van der Waals surface area contributed by atoms with Gasteiger partial charge in [0.2, 0.25) is 5.44 Å². The number of aliphatic hydroxyl groups excluding tert-OH is 1. The first-order valence-corrected chi connectivity index (χ1v) is 8.98. The van der Waals surface area contributed by atoms with Gasteiger partial charge in [0.25, 0.3) is 10.1 Å². The van der Waals surface area contributed by atoms with E-state index in [0.717, 1.165) is 10.5 Å². The molecule has 0 heterocycles. The molecule has 2 rings (SSSR count). The fraction of sp³-hybridized carbons (Fsp3) is 0.143. The highest BCUT2D eigenvalue weighted by Crippen LogP contribution is 2.30. The predicted octanol–water partition coefficient (Wildman–Crippen LogP) is 3.22. The van der Waals surface area contributed by atoms with Gasteiger partial charge in [0.1, 0.15) is 5.75 Å². The van der Waals surface area contributed by atoms with Gasteiger partial charge < -0.3 is 10.2 Å². The molecule has 0 fully saturated rings. The number of phenols is 1. The van der Waals surface area contributed by atoms with Crippen molar-refractivity contribution in [3.05, 3.63) is 58.6 Å². The minimum absolute atomic E-state index is 0.0227. The van der Waals surface area contributed by atoms with Gasteiger partial charge in [-0.2, -0.15) is 8.42 Å². The van der Waals surface area contributed by atoms with Gasteiger partial charge >= 0.3 is 0 Å². The van der Waals surface area contributed by atoms with Crippen LogP contribution in [0.3, 0.4) is 0 Å². The third-order valence-electron chi connectivity index (χ3n) is 2.87. The average molecular weight is 361 g/mol. The smallest absolute Gasteiger partial charge is 0.296 e. The Morgan fingerprint density at radius 3 is 2.32 bits per heavy atom. The Morgan fingerprint density at radius 1 is 1.14 bits per heavy atom. The van der Waals surface area contributed by atoms with E-state index >= 15 is 0 Å². The van der Waals surface area contributed by atoms with Crippen molar-refractivity contribution in [2.75, 3.05) is 0 Å². The predicted molar refractivity (Wildman–Crippen MR) is 85.6 cm³/mol. The SMILES string of the molecule is O=S(=O)(O)C(O)c1ccc(CSc2ccc(O)c(Cl)c2)cc1. The molecule has 0 saturated heterocycles. The van der Waals surface area contributed by atoms with Crippen LogP contribution in [-0.2, 0) is 15.9 Å². The second-order valence-electron chi connectivity index (χ2n) is 4.51. The molecule has 3 N–H and O–H groups in total. The summed E-state index contributed by atoms with van der Waals surface area (Å²) >= 11 is 7.31. The van der Waals surface area contributed by atoms with Crippen LogP contribution in [0.4, 0.5) is 0 Å². The Labute approximate surface area is 137 Å². The van der Waals surface area contributed by atoms with Gasteiger partial charge in [-0.15, -0.1) is 11.8 Å². The van der Waals surface area contributed by atoms with E-state index in [1.54, 1.807) is 24.3 Å².